The summed E-state index contributed by atoms with van der Waals surface area (Å²) < 4.78 is 5.03. The van der Waals surface area contributed by atoms with Crippen molar-refractivity contribution < 1.29 is 9.53 Å². The van der Waals surface area contributed by atoms with E-state index >= 15 is 0 Å². The van der Waals surface area contributed by atoms with Crippen LogP contribution in [-0.4, -0.2) is 73.2 Å². The zero-order valence-electron chi connectivity index (χ0n) is 14.0. The molecule has 0 amide bonds. The van der Waals surface area contributed by atoms with Gasteiger partial charge in [-0.25, -0.2) is 0 Å². The minimum absolute atomic E-state index is 0.138. The predicted molar refractivity (Wildman–Crippen MR) is 84.3 cm³/mol. The van der Waals surface area contributed by atoms with E-state index in [1.165, 1.54) is 26.4 Å². The lowest BCUT2D eigenvalue weighted by Gasteiger charge is -2.33. The highest BCUT2D eigenvalue weighted by atomic mass is 16.5. The number of carbonyl (C=O) groups excluding carboxylic acids is 1. The van der Waals surface area contributed by atoms with Crippen molar-refractivity contribution in [3.8, 4) is 0 Å². The van der Waals surface area contributed by atoms with Crippen molar-refractivity contribution >= 4 is 5.97 Å². The lowest BCUT2D eigenvalue weighted by atomic mass is 10.0. The Bertz CT molecular complexity index is 355. The zero-order valence-corrected chi connectivity index (χ0v) is 14.0. The highest BCUT2D eigenvalue weighted by Gasteiger charge is 2.42. The third-order valence-electron chi connectivity index (χ3n) is 4.85. The van der Waals surface area contributed by atoms with Crippen molar-refractivity contribution in [3.63, 3.8) is 0 Å². The monoisotopic (exact) mass is 297 g/mol. The fraction of sp³-hybridized carbons (Fsp3) is 0.938. The SMILES string of the molecule is CCN(CC)C1CCN(CC(C)(NC2CC2)C(=O)OC)C1. The lowest BCUT2D eigenvalue weighted by Crippen LogP contribution is -2.58. The van der Waals surface area contributed by atoms with Crippen molar-refractivity contribution in [2.24, 2.45) is 0 Å². The van der Waals surface area contributed by atoms with Crippen LogP contribution in [0.4, 0.5) is 0 Å². The molecular weight excluding hydrogens is 266 g/mol. The summed E-state index contributed by atoms with van der Waals surface area (Å²) in [5, 5.41) is 3.49. The van der Waals surface area contributed by atoms with Crippen LogP contribution in [0.2, 0.25) is 0 Å². The average Bonchev–Trinajstić information content (AvgIpc) is 3.16. The molecule has 0 aromatic heterocycles. The van der Waals surface area contributed by atoms with Crippen molar-refractivity contribution in [2.75, 3.05) is 39.8 Å². The summed E-state index contributed by atoms with van der Waals surface area (Å²) in [6, 6.07) is 1.12. The molecule has 1 heterocycles. The number of likely N-dealkylation sites (tertiary alicyclic amines) is 1. The van der Waals surface area contributed by atoms with E-state index < -0.39 is 5.54 Å². The molecule has 2 unspecified atom stereocenters. The minimum atomic E-state index is -0.575. The second kappa shape index (κ2) is 7.07. The van der Waals surface area contributed by atoms with E-state index in [-0.39, 0.29) is 5.97 Å². The molecular formula is C16H31N3O2. The van der Waals surface area contributed by atoms with Gasteiger partial charge in [0, 0.05) is 25.2 Å². The third-order valence-corrected chi connectivity index (χ3v) is 4.85. The molecule has 0 aromatic carbocycles. The normalized spacial score (nSPS) is 26.0. The first-order chi connectivity index (χ1) is 10.0. The topological polar surface area (TPSA) is 44.8 Å². The van der Waals surface area contributed by atoms with Gasteiger partial charge in [0.25, 0.3) is 0 Å². The molecule has 1 saturated heterocycles. The second-order valence-electron chi connectivity index (χ2n) is 6.64. The van der Waals surface area contributed by atoms with Crippen LogP contribution in [0.15, 0.2) is 0 Å². The number of methoxy groups -OCH3 is 1. The number of hydrogen-bond donors (Lipinski definition) is 1. The van der Waals surface area contributed by atoms with Crippen LogP contribution in [0.1, 0.15) is 40.0 Å². The Morgan fingerprint density at radius 1 is 1.33 bits per heavy atom. The van der Waals surface area contributed by atoms with Crippen LogP contribution < -0.4 is 5.32 Å². The number of rotatable bonds is 8. The molecule has 5 heteroatoms. The summed E-state index contributed by atoms with van der Waals surface area (Å²) in [5.74, 6) is -0.138. The number of ether oxygens (including phenoxy) is 1. The Balaban J connectivity index is 1.93. The summed E-state index contributed by atoms with van der Waals surface area (Å²) in [6.07, 6.45) is 3.55. The molecule has 0 spiro atoms. The van der Waals surface area contributed by atoms with Crippen LogP contribution in [0.3, 0.4) is 0 Å². The Labute approximate surface area is 129 Å². The van der Waals surface area contributed by atoms with E-state index in [0.717, 1.165) is 32.7 Å². The Morgan fingerprint density at radius 3 is 2.52 bits per heavy atom. The minimum Gasteiger partial charge on any atom is -0.468 e. The molecule has 2 atom stereocenters. The second-order valence-corrected chi connectivity index (χ2v) is 6.64. The van der Waals surface area contributed by atoms with Gasteiger partial charge >= 0.3 is 5.97 Å². The standard InChI is InChI=1S/C16H31N3O2/c1-5-19(6-2)14-9-10-18(11-14)12-16(3,15(20)21-4)17-13-7-8-13/h13-14,17H,5-12H2,1-4H3. The van der Waals surface area contributed by atoms with E-state index in [2.05, 4.69) is 29.0 Å². The molecule has 2 rings (SSSR count). The number of carbonyl (C=O) groups is 1. The average molecular weight is 297 g/mol. The van der Waals surface area contributed by atoms with Gasteiger partial charge in [-0.3, -0.25) is 19.9 Å². The maximum Gasteiger partial charge on any atom is 0.327 e. The summed E-state index contributed by atoms with van der Waals surface area (Å²) in [7, 11) is 1.48. The van der Waals surface area contributed by atoms with Gasteiger partial charge in [0.05, 0.1) is 7.11 Å². The van der Waals surface area contributed by atoms with E-state index in [4.69, 9.17) is 4.74 Å². The number of nitrogens with zero attached hydrogens (tertiary/aromatic N) is 2. The highest BCUT2D eigenvalue weighted by molar-refractivity contribution is 5.80. The molecule has 0 aromatic rings. The van der Waals surface area contributed by atoms with E-state index in [0.29, 0.717) is 12.1 Å². The fourth-order valence-electron chi connectivity index (χ4n) is 3.51. The lowest BCUT2D eigenvalue weighted by molar-refractivity contribution is -0.148. The van der Waals surface area contributed by atoms with Gasteiger partial charge in [0.1, 0.15) is 5.54 Å². The number of hydrogen-bond acceptors (Lipinski definition) is 5. The molecule has 1 N–H and O–H groups in total. The largest absolute Gasteiger partial charge is 0.468 e. The Hall–Kier alpha value is -0.650. The van der Waals surface area contributed by atoms with E-state index in [9.17, 15) is 4.79 Å². The van der Waals surface area contributed by atoms with Gasteiger partial charge in [0.15, 0.2) is 0 Å². The fourth-order valence-corrected chi connectivity index (χ4v) is 3.51. The quantitative estimate of drug-likeness (QED) is 0.679. The van der Waals surface area contributed by atoms with Gasteiger partial charge in [-0.15, -0.1) is 0 Å². The third kappa shape index (κ3) is 4.18. The maximum absolute atomic E-state index is 12.2. The molecule has 0 bridgehead atoms. The molecule has 2 aliphatic rings. The molecule has 2 fully saturated rings. The van der Waals surface area contributed by atoms with Crippen LogP contribution in [0.25, 0.3) is 0 Å². The number of esters is 1. The van der Waals surface area contributed by atoms with E-state index in [1.54, 1.807) is 0 Å². The van der Waals surface area contributed by atoms with Gasteiger partial charge in [0.2, 0.25) is 0 Å². The van der Waals surface area contributed by atoms with Crippen molar-refractivity contribution in [1.82, 2.24) is 15.1 Å². The molecule has 1 saturated carbocycles. The van der Waals surface area contributed by atoms with Crippen LogP contribution in [0.5, 0.6) is 0 Å². The summed E-state index contributed by atoms with van der Waals surface area (Å²) in [6.45, 7) is 11.5. The van der Waals surface area contributed by atoms with Crippen molar-refractivity contribution in [2.45, 2.75) is 57.7 Å². The van der Waals surface area contributed by atoms with Crippen LogP contribution >= 0.6 is 0 Å². The molecule has 1 aliphatic heterocycles. The van der Waals surface area contributed by atoms with Gasteiger partial charge in [-0.05, 0) is 45.8 Å². The molecule has 0 radical (unpaired) electrons. The first-order valence-electron chi connectivity index (χ1n) is 8.35. The molecule has 5 nitrogen and oxygen atoms in total. The molecule has 1 aliphatic carbocycles. The number of nitrogens with one attached hydrogen (secondary N) is 1. The first-order valence-corrected chi connectivity index (χ1v) is 8.35. The highest BCUT2D eigenvalue weighted by Crippen LogP contribution is 2.25. The van der Waals surface area contributed by atoms with E-state index in [1.807, 2.05) is 6.92 Å². The van der Waals surface area contributed by atoms with Crippen molar-refractivity contribution in [3.05, 3.63) is 0 Å². The Morgan fingerprint density at radius 2 is 2.00 bits per heavy atom. The summed E-state index contributed by atoms with van der Waals surface area (Å²) in [5.41, 5.74) is -0.575. The zero-order chi connectivity index (χ0) is 15.5. The first kappa shape index (κ1) is 16.7. The number of likely N-dealkylation sites (N-methyl/N-ethyl adjacent to an activating group) is 1. The molecule has 122 valence electrons. The summed E-state index contributed by atoms with van der Waals surface area (Å²) in [4.78, 5) is 17.1. The van der Waals surface area contributed by atoms with Crippen molar-refractivity contribution in [1.29, 1.82) is 0 Å². The maximum atomic E-state index is 12.2. The van der Waals surface area contributed by atoms with Gasteiger partial charge in [-0.2, -0.15) is 0 Å². The van der Waals surface area contributed by atoms with Crippen LogP contribution in [-0.2, 0) is 9.53 Å². The summed E-state index contributed by atoms with van der Waals surface area (Å²) >= 11 is 0. The smallest absolute Gasteiger partial charge is 0.327 e. The van der Waals surface area contributed by atoms with Crippen LogP contribution in [0, 0.1) is 0 Å². The predicted octanol–water partition coefficient (Wildman–Crippen LogP) is 1.09. The van der Waals surface area contributed by atoms with Gasteiger partial charge < -0.3 is 4.74 Å². The molecule has 21 heavy (non-hydrogen) atoms. The van der Waals surface area contributed by atoms with Gasteiger partial charge in [-0.1, -0.05) is 13.8 Å². The Kier molecular flexibility index (Phi) is 5.63.